The van der Waals surface area contributed by atoms with Crippen LogP contribution in [0.1, 0.15) is 51.9 Å². The molecule has 0 bridgehead atoms. The van der Waals surface area contributed by atoms with Crippen LogP contribution in [0.5, 0.6) is 0 Å². The molecule has 1 amide bonds. The molecule has 1 fully saturated rings. The number of piperidine rings is 1. The minimum absolute atomic E-state index is 0.0308. The van der Waals surface area contributed by atoms with Crippen LogP contribution in [0.2, 0.25) is 10.0 Å². The van der Waals surface area contributed by atoms with Crippen molar-refractivity contribution in [2.45, 2.75) is 38.8 Å². The Morgan fingerprint density at radius 3 is 2.49 bits per heavy atom. The van der Waals surface area contributed by atoms with Gasteiger partial charge in [-0.15, -0.1) is 0 Å². The molecule has 1 N–H and O–H groups in total. The molecule has 0 unspecified atom stereocenters. The van der Waals surface area contributed by atoms with E-state index in [-0.39, 0.29) is 40.8 Å². The zero-order valence-corrected chi connectivity index (χ0v) is 20.2. The molecule has 0 saturated carbocycles. The topological polar surface area (TPSA) is 70.8 Å². The Hall–Kier alpha value is -2.71. The number of carboxylic acids is 1. The van der Waals surface area contributed by atoms with Gasteiger partial charge >= 0.3 is 12.1 Å². The average molecular weight is 528 g/mol. The first-order valence-corrected chi connectivity index (χ1v) is 11.8. The number of hydrogen-bond donors (Lipinski definition) is 1. The number of carbonyl (C=O) groups is 2. The lowest BCUT2D eigenvalue weighted by atomic mass is 9.93. The van der Waals surface area contributed by atoms with Gasteiger partial charge in [0.05, 0.1) is 22.4 Å². The van der Waals surface area contributed by atoms with E-state index in [1.54, 1.807) is 24.0 Å². The summed E-state index contributed by atoms with van der Waals surface area (Å²) in [7, 11) is 0. The maximum absolute atomic E-state index is 13.2. The smallest absolute Gasteiger partial charge is 0.416 e. The van der Waals surface area contributed by atoms with Gasteiger partial charge in [0, 0.05) is 41.9 Å². The van der Waals surface area contributed by atoms with Crippen molar-refractivity contribution >= 4 is 46.0 Å². The first kappa shape index (κ1) is 25.4. The number of likely N-dealkylation sites (tertiary alicyclic amines) is 1. The number of amides is 1. The summed E-state index contributed by atoms with van der Waals surface area (Å²) >= 11 is 13.0. The van der Waals surface area contributed by atoms with Gasteiger partial charge in [0.2, 0.25) is 0 Å². The number of carbonyl (C=O) groups excluding carboxylic acids is 1. The maximum atomic E-state index is 13.2. The van der Waals surface area contributed by atoms with Crippen molar-refractivity contribution in [2.75, 3.05) is 13.1 Å². The predicted molar refractivity (Wildman–Crippen MR) is 126 cm³/mol. The summed E-state index contributed by atoms with van der Waals surface area (Å²) in [5, 5.41) is 10.0. The van der Waals surface area contributed by atoms with Gasteiger partial charge in [-0.2, -0.15) is 13.2 Å². The number of aryl methyl sites for hydroxylation is 1. The van der Waals surface area contributed by atoms with E-state index in [4.69, 9.17) is 32.7 Å². The minimum atomic E-state index is -4.49. The normalized spacial score (nSPS) is 15.1. The zero-order valence-electron chi connectivity index (χ0n) is 18.7. The molecule has 5 nitrogen and oxygen atoms in total. The van der Waals surface area contributed by atoms with Crippen LogP contribution in [0.4, 0.5) is 13.2 Å². The fourth-order valence-electron chi connectivity index (χ4n) is 4.62. The molecule has 1 aliphatic rings. The van der Waals surface area contributed by atoms with Crippen LogP contribution in [-0.2, 0) is 17.4 Å². The van der Waals surface area contributed by atoms with Crippen LogP contribution >= 0.6 is 23.2 Å². The molecule has 10 heteroatoms. The molecule has 35 heavy (non-hydrogen) atoms. The first-order chi connectivity index (χ1) is 16.5. The molecule has 2 heterocycles. The lowest BCUT2D eigenvalue weighted by Gasteiger charge is -2.31. The highest BCUT2D eigenvalue weighted by Crippen LogP contribution is 2.38. The third kappa shape index (κ3) is 5.28. The largest absolute Gasteiger partial charge is 0.481 e. The lowest BCUT2D eigenvalue weighted by molar-refractivity contribution is -0.139. The SMILES string of the molecule is Cc1cc(C(F)(F)F)cc2occ(Cc3c(Cl)ccc(C(=O)N4CCC(CC(=O)O)CC4)c3Cl)c12. The average Bonchev–Trinajstić information content (AvgIpc) is 3.19. The van der Waals surface area contributed by atoms with Gasteiger partial charge in [-0.3, -0.25) is 9.59 Å². The molecule has 0 spiro atoms. The van der Waals surface area contributed by atoms with Crippen LogP contribution in [-0.4, -0.2) is 35.0 Å². The number of alkyl halides is 3. The summed E-state index contributed by atoms with van der Waals surface area (Å²) in [4.78, 5) is 25.8. The molecule has 1 aromatic heterocycles. The molecule has 4 rings (SSSR count). The molecule has 0 aliphatic carbocycles. The molecular formula is C25H22Cl2F3NO4. The Balaban J connectivity index is 1.60. The summed E-state index contributed by atoms with van der Waals surface area (Å²) in [6.45, 7) is 2.43. The number of hydrogen-bond acceptors (Lipinski definition) is 3. The first-order valence-electron chi connectivity index (χ1n) is 11.0. The number of rotatable bonds is 5. The van der Waals surface area contributed by atoms with E-state index in [2.05, 4.69) is 0 Å². The highest BCUT2D eigenvalue weighted by atomic mass is 35.5. The Kier molecular flexibility index (Phi) is 7.06. The second-order valence-electron chi connectivity index (χ2n) is 8.82. The van der Waals surface area contributed by atoms with Crippen molar-refractivity contribution < 1.29 is 32.3 Å². The number of furan rings is 1. The number of halogens is 5. The molecule has 1 aliphatic heterocycles. The van der Waals surface area contributed by atoms with Crippen LogP contribution in [0, 0.1) is 12.8 Å². The molecule has 0 radical (unpaired) electrons. The highest BCUT2D eigenvalue weighted by Gasteiger charge is 2.32. The van der Waals surface area contributed by atoms with Crippen molar-refractivity contribution in [3.8, 4) is 0 Å². The summed E-state index contributed by atoms with van der Waals surface area (Å²) < 4.78 is 44.9. The van der Waals surface area contributed by atoms with Crippen LogP contribution < -0.4 is 0 Å². The fourth-order valence-corrected chi connectivity index (χ4v) is 5.20. The zero-order chi connectivity index (χ0) is 25.5. The predicted octanol–water partition coefficient (Wildman–Crippen LogP) is 6.98. The third-order valence-corrected chi connectivity index (χ3v) is 7.21. The summed E-state index contributed by atoms with van der Waals surface area (Å²) in [6.07, 6.45) is -1.68. The van der Waals surface area contributed by atoms with Gasteiger partial charge in [0.25, 0.3) is 5.91 Å². The van der Waals surface area contributed by atoms with Gasteiger partial charge in [-0.05, 0) is 61.1 Å². The Labute approximate surface area is 209 Å². The van der Waals surface area contributed by atoms with Crippen molar-refractivity contribution in [3.05, 3.63) is 68.4 Å². The molecule has 0 atom stereocenters. The van der Waals surface area contributed by atoms with E-state index >= 15 is 0 Å². The molecule has 3 aromatic rings. The number of carboxylic acid groups (broad SMARTS) is 1. The van der Waals surface area contributed by atoms with E-state index < -0.39 is 17.7 Å². The number of benzene rings is 2. The Bertz CT molecular complexity index is 1290. The quantitative estimate of drug-likeness (QED) is 0.388. The van der Waals surface area contributed by atoms with Crippen LogP contribution in [0.15, 0.2) is 34.9 Å². The monoisotopic (exact) mass is 527 g/mol. The third-order valence-electron chi connectivity index (χ3n) is 6.42. The van der Waals surface area contributed by atoms with Crippen molar-refractivity contribution in [1.29, 1.82) is 0 Å². The van der Waals surface area contributed by atoms with E-state index in [1.807, 2.05) is 0 Å². The fraction of sp³-hybridized carbons (Fsp3) is 0.360. The minimum Gasteiger partial charge on any atom is -0.481 e. The summed E-state index contributed by atoms with van der Waals surface area (Å²) in [6, 6.07) is 5.15. The lowest BCUT2D eigenvalue weighted by Crippen LogP contribution is -2.39. The van der Waals surface area contributed by atoms with Gasteiger partial charge in [-0.25, -0.2) is 0 Å². The van der Waals surface area contributed by atoms with E-state index in [0.717, 1.165) is 12.1 Å². The Morgan fingerprint density at radius 1 is 1.17 bits per heavy atom. The summed E-state index contributed by atoms with van der Waals surface area (Å²) in [5.74, 6) is -1.09. The maximum Gasteiger partial charge on any atom is 0.416 e. The van der Waals surface area contributed by atoms with Gasteiger partial charge < -0.3 is 14.4 Å². The molecular weight excluding hydrogens is 506 g/mol. The molecule has 2 aromatic carbocycles. The van der Waals surface area contributed by atoms with E-state index in [9.17, 15) is 22.8 Å². The van der Waals surface area contributed by atoms with E-state index in [0.29, 0.717) is 53.0 Å². The Morgan fingerprint density at radius 2 is 1.86 bits per heavy atom. The van der Waals surface area contributed by atoms with Crippen molar-refractivity contribution in [2.24, 2.45) is 5.92 Å². The molecule has 1 saturated heterocycles. The number of fused-ring (bicyclic) bond motifs is 1. The number of aliphatic carboxylic acids is 1. The second-order valence-corrected chi connectivity index (χ2v) is 9.61. The van der Waals surface area contributed by atoms with Crippen molar-refractivity contribution in [3.63, 3.8) is 0 Å². The van der Waals surface area contributed by atoms with E-state index in [1.165, 1.54) is 6.26 Å². The van der Waals surface area contributed by atoms with Gasteiger partial charge in [0.1, 0.15) is 5.58 Å². The van der Waals surface area contributed by atoms with Crippen molar-refractivity contribution in [1.82, 2.24) is 4.90 Å². The van der Waals surface area contributed by atoms with Crippen LogP contribution in [0.3, 0.4) is 0 Å². The van der Waals surface area contributed by atoms with Gasteiger partial charge in [-0.1, -0.05) is 23.2 Å². The molecule has 186 valence electrons. The van der Waals surface area contributed by atoms with Crippen LogP contribution in [0.25, 0.3) is 11.0 Å². The number of nitrogens with zero attached hydrogens (tertiary/aromatic N) is 1. The van der Waals surface area contributed by atoms with Gasteiger partial charge in [0.15, 0.2) is 0 Å². The summed E-state index contributed by atoms with van der Waals surface area (Å²) in [5.41, 5.74) is 1.07. The second kappa shape index (κ2) is 9.74. The standard InChI is InChI=1S/C25H22Cl2F3NO4/c1-13-8-16(25(28,29)30)11-20-22(13)15(12-35-20)10-18-19(26)3-2-17(23(18)27)24(34)31-6-4-14(5-7-31)9-21(32)33/h2-3,8,11-12,14H,4-7,9-10H2,1H3,(H,32,33). The highest BCUT2D eigenvalue weighted by molar-refractivity contribution is 6.38.